The fourth-order valence-electron chi connectivity index (χ4n) is 2.62. The lowest BCUT2D eigenvalue weighted by Gasteiger charge is -2.09. The molecule has 0 saturated carbocycles. The number of halogens is 3. The maximum Gasteiger partial charge on any atom is 0.491 e. The number of hydrogen-bond donors (Lipinski definition) is 1. The van der Waals surface area contributed by atoms with Crippen LogP contribution >= 0.6 is 0 Å². The molecule has 0 radical (unpaired) electrons. The summed E-state index contributed by atoms with van der Waals surface area (Å²) >= 11 is 0. The lowest BCUT2D eigenvalue weighted by molar-refractivity contribution is -0.137. The van der Waals surface area contributed by atoms with Crippen molar-refractivity contribution in [2.24, 2.45) is 0 Å². The van der Waals surface area contributed by atoms with Crippen LogP contribution in [0.5, 0.6) is 0 Å². The standard InChI is InChI=1S/C17H14BF3O2/c1-11-6-13(9-15(7-11)17(19,20)21)3-2-12-4-5-16-14(8-12)10-23-18(16)22/h2-9,22H,10H2,1H3/b3-2+. The third-order valence-corrected chi connectivity index (χ3v) is 3.73. The van der Waals surface area contributed by atoms with Gasteiger partial charge in [0.25, 0.3) is 0 Å². The SMILES string of the molecule is Cc1cc(/C=C/c2ccc3c(c2)COB3O)cc(C(F)(F)F)c1. The van der Waals surface area contributed by atoms with Gasteiger partial charge in [0.05, 0.1) is 12.2 Å². The van der Waals surface area contributed by atoms with Crippen LogP contribution in [0.15, 0.2) is 36.4 Å². The van der Waals surface area contributed by atoms with Gasteiger partial charge < -0.3 is 9.68 Å². The largest absolute Gasteiger partial charge is 0.491 e. The average Bonchev–Trinajstić information content (AvgIpc) is 2.85. The molecule has 0 atom stereocenters. The summed E-state index contributed by atoms with van der Waals surface area (Å²) in [5.74, 6) is 0. The quantitative estimate of drug-likeness (QED) is 0.679. The molecule has 118 valence electrons. The van der Waals surface area contributed by atoms with E-state index in [0.29, 0.717) is 17.7 Å². The summed E-state index contributed by atoms with van der Waals surface area (Å²) in [6.07, 6.45) is -0.953. The number of fused-ring (bicyclic) bond motifs is 1. The minimum absolute atomic E-state index is 0.334. The minimum atomic E-state index is -4.35. The maximum absolute atomic E-state index is 12.8. The lowest BCUT2D eigenvalue weighted by atomic mass is 9.79. The van der Waals surface area contributed by atoms with Gasteiger partial charge in [-0.2, -0.15) is 13.2 Å². The molecule has 0 aliphatic carbocycles. The molecule has 0 fully saturated rings. The molecule has 1 heterocycles. The van der Waals surface area contributed by atoms with E-state index in [9.17, 15) is 18.2 Å². The highest BCUT2D eigenvalue weighted by Crippen LogP contribution is 2.31. The van der Waals surface area contributed by atoms with Crippen LogP contribution in [0.25, 0.3) is 12.2 Å². The summed E-state index contributed by atoms with van der Waals surface area (Å²) in [6.45, 7) is 1.97. The van der Waals surface area contributed by atoms with Crippen LogP contribution in [0.3, 0.4) is 0 Å². The highest BCUT2D eigenvalue weighted by atomic mass is 19.4. The fraction of sp³-hybridized carbons (Fsp3) is 0.176. The molecule has 3 rings (SSSR count). The molecular weight excluding hydrogens is 304 g/mol. The van der Waals surface area contributed by atoms with Crippen molar-refractivity contribution < 1.29 is 22.8 Å². The molecule has 2 aromatic carbocycles. The number of benzene rings is 2. The molecule has 1 aliphatic rings. The Morgan fingerprint density at radius 3 is 2.57 bits per heavy atom. The first kappa shape index (κ1) is 15.8. The van der Waals surface area contributed by atoms with Crippen LogP contribution in [-0.4, -0.2) is 12.1 Å². The predicted octanol–water partition coefficient (Wildman–Crippen LogP) is 3.40. The Morgan fingerprint density at radius 2 is 1.83 bits per heavy atom. The highest BCUT2D eigenvalue weighted by Gasteiger charge is 2.30. The van der Waals surface area contributed by atoms with Gasteiger partial charge in [0.1, 0.15) is 0 Å². The van der Waals surface area contributed by atoms with E-state index in [2.05, 4.69) is 0 Å². The van der Waals surface area contributed by atoms with E-state index in [1.807, 2.05) is 6.07 Å². The van der Waals surface area contributed by atoms with Crippen molar-refractivity contribution in [2.75, 3.05) is 0 Å². The summed E-state index contributed by atoms with van der Waals surface area (Å²) in [7, 11) is -0.894. The number of rotatable bonds is 2. The summed E-state index contributed by atoms with van der Waals surface area (Å²) < 4.78 is 43.6. The molecule has 0 saturated heterocycles. The molecule has 1 N–H and O–H groups in total. The first-order valence-electron chi connectivity index (χ1n) is 7.12. The number of hydrogen-bond acceptors (Lipinski definition) is 2. The second kappa shape index (κ2) is 5.87. The summed E-state index contributed by atoms with van der Waals surface area (Å²) in [4.78, 5) is 0. The predicted molar refractivity (Wildman–Crippen MR) is 83.9 cm³/mol. The first-order chi connectivity index (χ1) is 10.8. The van der Waals surface area contributed by atoms with Crippen molar-refractivity contribution in [1.82, 2.24) is 0 Å². The van der Waals surface area contributed by atoms with Crippen LogP contribution in [0.2, 0.25) is 0 Å². The average molecular weight is 318 g/mol. The summed E-state index contributed by atoms with van der Waals surface area (Å²) in [5.41, 5.74) is 2.87. The molecule has 2 aromatic rings. The first-order valence-corrected chi connectivity index (χ1v) is 7.12. The van der Waals surface area contributed by atoms with Crippen LogP contribution in [-0.2, 0) is 17.4 Å². The molecule has 0 amide bonds. The summed E-state index contributed by atoms with van der Waals surface area (Å²) in [6, 6.07) is 9.39. The van der Waals surface area contributed by atoms with Crippen molar-refractivity contribution in [2.45, 2.75) is 19.7 Å². The van der Waals surface area contributed by atoms with E-state index >= 15 is 0 Å². The fourth-order valence-corrected chi connectivity index (χ4v) is 2.62. The zero-order valence-electron chi connectivity index (χ0n) is 12.4. The normalized spacial score (nSPS) is 14.6. The Morgan fingerprint density at radius 1 is 1.09 bits per heavy atom. The molecule has 0 aromatic heterocycles. The molecule has 0 unspecified atom stereocenters. The monoisotopic (exact) mass is 318 g/mol. The van der Waals surface area contributed by atoms with Crippen molar-refractivity contribution in [3.63, 3.8) is 0 Å². The molecule has 6 heteroatoms. The molecule has 1 aliphatic heterocycles. The number of alkyl halides is 3. The van der Waals surface area contributed by atoms with Crippen LogP contribution in [0.1, 0.15) is 27.8 Å². The zero-order chi connectivity index (χ0) is 16.6. The smallest absolute Gasteiger partial charge is 0.423 e. The minimum Gasteiger partial charge on any atom is -0.423 e. The van der Waals surface area contributed by atoms with Gasteiger partial charge in [-0.25, -0.2) is 0 Å². The van der Waals surface area contributed by atoms with Crippen molar-refractivity contribution >= 4 is 24.7 Å². The van der Waals surface area contributed by atoms with Gasteiger partial charge in [-0.1, -0.05) is 30.4 Å². The molecule has 2 nitrogen and oxygen atoms in total. The van der Waals surface area contributed by atoms with Gasteiger partial charge in [0.15, 0.2) is 0 Å². The van der Waals surface area contributed by atoms with Crippen LogP contribution in [0.4, 0.5) is 13.2 Å². The molecule has 23 heavy (non-hydrogen) atoms. The molecule has 0 bridgehead atoms. The Labute approximate surface area is 132 Å². The Kier molecular flexibility index (Phi) is 4.04. The van der Waals surface area contributed by atoms with Crippen molar-refractivity contribution in [3.8, 4) is 0 Å². The maximum atomic E-state index is 12.8. The summed E-state index contributed by atoms with van der Waals surface area (Å²) in [5, 5.41) is 9.57. The van der Waals surface area contributed by atoms with E-state index in [-0.39, 0.29) is 0 Å². The second-order valence-corrected chi connectivity index (χ2v) is 5.59. The second-order valence-electron chi connectivity index (χ2n) is 5.59. The Bertz CT molecular complexity index is 769. The van der Waals surface area contributed by atoms with Crippen molar-refractivity contribution in [1.29, 1.82) is 0 Å². The Hall–Kier alpha value is -2.05. The third-order valence-electron chi connectivity index (χ3n) is 3.73. The van der Waals surface area contributed by atoms with E-state index in [1.165, 1.54) is 0 Å². The number of aryl methyl sites for hydroxylation is 1. The van der Waals surface area contributed by atoms with Crippen LogP contribution < -0.4 is 5.46 Å². The van der Waals surface area contributed by atoms with E-state index in [1.54, 1.807) is 37.3 Å². The van der Waals surface area contributed by atoms with Gasteiger partial charge in [-0.05, 0) is 52.8 Å². The molecular formula is C17H14BF3O2. The van der Waals surface area contributed by atoms with Gasteiger partial charge in [-0.3, -0.25) is 0 Å². The lowest BCUT2D eigenvalue weighted by Crippen LogP contribution is -2.27. The topological polar surface area (TPSA) is 29.5 Å². The van der Waals surface area contributed by atoms with Gasteiger partial charge in [0.2, 0.25) is 0 Å². The zero-order valence-corrected chi connectivity index (χ0v) is 12.4. The van der Waals surface area contributed by atoms with E-state index in [0.717, 1.165) is 28.7 Å². The van der Waals surface area contributed by atoms with Crippen LogP contribution in [0, 0.1) is 6.92 Å². The highest BCUT2D eigenvalue weighted by molar-refractivity contribution is 6.61. The van der Waals surface area contributed by atoms with Gasteiger partial charge in [-0.15, -0.1) is 0 Å². The van der Waals surface area contributed by atoms with E-state index in [4.69, 9.17) is 4.65 Å². The van der Waals surface area contributed by atoms with Gasteiger partial charge >= 0.3 is 13.3 Å². The molecule has 0 spiro atoms. The van der Waals surface area contributed by atoms with Gasteiger partial charge in [0, 0.05) is 0 Å². The third kappa shape index (κ3) is 3.49. The van der Waals surface area contributed by atoms with Crippen molar-refractivity contribution in [3.05, 3.63) is 64.2 Å². The van der Waals surface area contributed by atoms with E-state index < -0.39 is 18.9 Å². The Balaban J connectivity index is 1.87.